The average molecular weight is 1330 g/mol. The van der Waals surface area contributed by atoms with E-state index in [1.807, 2.05) is 0 Å². The predicted molar refractivity (Wildman–Crippen MR) is 436 cm³/mol. The summed E-state index contributed by atoms with van der Waals surface area (Å²) in [5.41, 5.74) is 39.8. The number of aryl methyl sites for hydroxylation is 3. The smallest absolute Gasteiger partial charge is 0.107 e. The second-order valence-electron chi connectivity index (χ2n) is 28.3. The maximum absolute atomic E-state index is 2.46. The molecule has 0 saturated heterocycles. The van der Waals surface area contributed by atoms with Crippen LogP contribution in [0.2, 0.25) is 0 Å². The number of para-hydroxylation sites is 1. The van der Waals surface area contributed by atoms with Crippen molar-refractivity contribution in [3.05, 3.63) is 339 Å². The van der Waals surface area contributed by atoms with Gasteiger partial charge in [-0.1, -0.05) is 273 Å². The van der Waals surface area contributed by atoms with Crippen molar-refractivity contribution in [3.8, 4) is 134 Å². The normalized spacial score (nSPS) is 15.8. The summed E-state index contributed by atoms with van der Waals surface area (Å²) in [4.78, 5) is 14.3. The second kappa shape index (κ2) is 26.4. The molecule has 19 rings (SSSR count). The summed E-state index contributed by atoms with van der Waals surface area (Å²) >= 11 is 0. The maximum atomic E-state index is 2.46. The number of nitrogens with zero attached hydrogens (tertiary/aromatic N) is 6. The van der Waals surface area contributed by atoms with Crippen LogP contribution in [-0.4, -0.2) is 41.4 Å². The summed E-state index contributed by atoms with van der Waals surface area (Å²) in [7, 11) is 2.14. The minimum atomic E-state index is 0.146. The number of hydrogen-bond acceptors (Lipinski definition) is 6. The lowest BCUT2D eigenvalue weighted by Gasteiger charge is -2.35. The molecular weight excluding hydrogens is 1250 g/mol. The van der Waals surface area contributed by atoms with Gasteiger partial charge in [0.05, 0.1) is 17.1 Å². The van der Waals surface area contributed by atoms with Crippen LogP contribution in [-0.2, 0) is 0 Å². The monoisotopic (exact) mass is 1330 g/mol. The first-order valence-corrected chi connectivity index (χ1v) is 36.4. The SMILES string of the molecule is Cc1ccc2c(c1N1C=CN(C(C)C)[C@@H]1C)-c1ccccc1-c1ccccc1-c1ccccc1-2.Cc1ccc2c(c1N1C=CN(C)[C@@H]1C)-c1ccccc1-c1ccccc1-c1ccccc1-2.Cc1ccc2c(c1N1C=CN(c3ccccc3)[C@@H]1C)-c1ccccc1-c1ccccc1-c1ccccc1-2. The fourth-order valence-corrected chi connectivity index (χ4v) is 17.1. The summed E-state index contributed by atoms with van der Waals surface area (Å²) in [5, 5.41) is 0. The number of fused-ring (bicyclic) bond motifs is 24. The maximum Gasteiger partial charge on any atom is 0.107 e. The summed E-state index contributed by atoms with van der Waals surface area (Å²) in [6, 6.07) is 105. The molecule has 0 unspecified atom stereocenters. The van der Waals surface area contributed by atoms with Gasteiger partial charge in [0.15, 0.2) is 0 Å². The van der Waals surface area contributed by atoms with Gasteiger partial charge in [-0.3, -0.25) is 0 Å². The van der Waals surface area contributed by atoms with Gasteiger partial charge in [-0.2, -0.15) is 0 Å². The zero-order valence-corrected chi connectivity index (χ0v) is 60.1. The standard InChI is InChI=1S/C35H28N2.C32H30N2.C30H26N2/c1-24-20-21-33-31-18-9-8-16-29(31)27-14-6-7-15-28(27)30-17-10-11-19-32(30)34(33)35(24)37-23-22-36(25(37)2)26-12-4-3-5-13-26;1-21(2)33-19-20-34(23(33)4)32-22(3)17-18-30-28-15-8-7-13-26(28)24-11-5-6-12-25(24)27-14-9-10-16-29(27)31(30)32;1-20-16-17-28-26-14-7-6-12-24(26)22-10-4-5-11-23(22)25-13-8-9-15-27(25)29(28)30(20)32-19-18-31(3)21(32)2/h3-23,25H,1-2H3;5-21,23H,1-4H3;4-19,21H,1-3H3/t25-;23-;21-/m000/s1. The molecule has 0 saturated carbocycles. The van der Waals surface area contributed by atoms with E-state index < -0.39 is 0 Å². The van der Waals surface area contributed by atoms with Crippen LogP contribution < -0.4 is 19.6 Å². The molecule has 0 amide bonds. The Hall–Kier alpha value is -12.1. The van der Waals surface area contributed by atoms with E-state index in [2.05, 4.69) is 414 Å². The molecule has 6 aliphatic rings. The molecular formula is C97H84N6. The van der Waals surface area contributed by atoms with Crippen LogP contribution in [0.4, 0.5) is 22.7 Å². The Morgan fingerprint density at radius 2 is 0.456 bits per heavy atom. The van der Waals surface area contributed by atoms with Gasteiger partial charge in [0.25, 0.3) is 0 Å². The van der Waals surface area contributed by atoms with Crippen LogP contribution in [0.15, 0.2) is 322 Å². The number of hydrogen-bond donors (Lipinski definition) is 0. The molecule has 3 heterocycles. The second-order valence-corrected chi connectivity index (χ2v) is 28.3. The molecule has 0 radical (unpaired) electrons. The number of rotatable bonds is 5. The summed E-state index contributed by atoms with van der Waals surface area (Å²) < 4.78 is 0. The lowest BCUT2D eigenvalue weighted by atomic mass is 9.79. The lowest BCUT2D eigenvalue weighted by molar-refractivity contribution is 0.263. The Morgan fingerprint density at radius 3 is 0.738 bits per heavy atom. The highest BCUT2D eigenvalue weighted by atomic mass is 15.4. The van der Waals surface area contributed by atoms with Crippen molar-refractivity contribution in [2.75, 3.05) is 26.6 Å². The molecule has 0 fully saturated rings. The molecule has 6 heteroatoms. The average Bonchev–Trinajstić information content (AvgIpc) is 1.53. The predicted octanol–water partition coefficient (Wildman–Crippen LogP) is 25.0. The zero-order valence-electron chi connectivity index (χ0n) is 60.1. The number of benzene rings is 13. The zero-order chi connectivity index (χ0) is 70.1. The highest BCUT2D eigenvalue weighted by molar-refractivity contribution is 6.10. The third-order valence-electron chi connectivity index (χ3n) is 22.2. The van der Waals surface area contributed by atoms with Crippen LogP contribution in [0.3, 0.4) is 0 Å². The first-order valence-electron chi connectivity index (χ1n) is 36.4. The van der Waals surface area contributed by atoms with E-state index in [0.717, 1.165) is 0 Å². The van der Waals surface area contributed by atoms with Gasteiger partial charge < -0.3 is 29.4 Å². The van der Waals surface area contributed by atoms with Crippen molar-refractivity contribution in [2.45, 2.75) is 79.9 Å². The van der Waals surface area contributed by atoms with Gasteiger partial charge >= 0.3 is 0 Å². The van der Waals surface area contributed by atoms with E-state index in [4.69, 9.17) is 0 Å². The molecule has 0 aromatic heterocycles. The van der Waals surface area contributed by atoms with Gasteiger partial charge in [0, 0.05) is 72.7 Å². The van der Waals surface area contributed by atoms with Crippen molar-refractivity contribution >= 4 is 22.7 Å². The molecule has 502 valence electrons. The third-order valence-corrected chi connectivity index (χ3v) is 22.2. The Morgan fingerprint density at radius 1 is 0.223 bits per heavy atom. The van der Waals surface area contributed by atoms with Crippen LogP contribution in [0.1, 0.15) is 51.3 Å². The quantitative estimate of drug-likeness (QED) is 0.170. The fraction of sp³-hybridized carbons (Fsp3) is 0.134. The van der Waals surface area contributed by atoms with Gasteiger partial charge in [-0.25, -0.2) is 0 Å². The van der Waals surface area contributed by atoms with Crippen molar-refractivity contribution in [3.63, 3.8) is 0 Å². The summed E-state index contributed by atoms with van der Waals surface area (Å²) in [6.07, 6.45) is 14.0. The van der Waals surface area contributed by atoms with E-state index in [0.29, 0.717) is 6.04 Å². The largest absolute Gasteiger partial charge is 0.359 e. The van der Waals surface area contributed by atoms with Crippen molar-refractivity contribution in [2.24, 2.45) is 0 Å². The Balaban J connectivity index is 0.000000115. The summed E-state index contributed by atoms with van der Waals surface area (Å²) in [5.74, 6) is 0. The fourth-order valence-electron chi connectivity index (χ4n) is 17.1. The molecule has 13 aromatic carbocycles. The molecule has 103 heavy (non-hydrogen) atoms. The minimum Gasteiger partial charge on any atom is -0.359 e. The Bertz CT molecular complexity index is 5540. The van der Waals surface area contributed by atoms with Gasteiger partial charge in [0.2, 0.25) is 0 Å². The van der Waals surface area contributed by atoms with Crippen molar-refractivity contribution < 1.29 is 0 Å². The highest BCUT2D eigenvalue weighted by Gasteiger charge is 2.35. The first kappa shape index (κ1) is 64.3. The van der Waals surface area contributed by atoms with Gasteiger partial charge in [0.1, 0.15) is 18.5 Å². The van der Waals surface area contributed by atoms with E-state index in [1.54, 1.807) is 0 Å². The lowest BCUT2D eigenvalue weighted by Crippen LogP contribution is -2.40. The van der Waals surface area contributed by atoms with E-state index in [1.165, 1.54) is 173 Å². The topological polar surface area (TPSA) is 19.4 Å². The summed E-state index contributed by atoms with van der Waals surface area (Å²) in [6.45, 7) is 18.1. The van der Waals surface area contributed by atoms with Crippen LogP contribution in [0.5, 0.6) is 0 Å². The van der Waals surface area contributed by atoms with Crippen molar-refractivity contribution in [1.82, 2.24) is 9.80 Å². The minimum absolute atomic E-state index is 0.146. The van der Waals surface area contributed by atoms with Crippen LogP contribution >= 0.6 is 0 Å². The first-order chi connectivity index (χ1) is 50.4. The van der Waals surface area contributed by atoms with E-state index in [9.17, 15) is 0 Å². The van der Waals surface area contributed by atoms with Crippen molar-refractivity contribution in [1.29, 1.82) is 0 Å². The molecule has 0 bridgehead atoms. The molecule has 3 aliphatic heterocycles. The van der Waals surface area contributed by atoms with Gasteiger partial charge in [-0.05, 0) is 201 Å². The molecule has 3 atom stereocenters. The van der Waals surface area contributed by atoms with Crippen LogP contribution in [0, 0.1) is 20.8 Å². The Labute approximate surface area is 608 Å². The molecule has 13 aromatic rings. The molecule has 0 spiro atoms. The number of anilines is 4. The van der Waals surface area contributed by atoms with E-state index in [-0.39, 0.29) is 18.5 Å². The third kappa shape index (κ3) is 10.9. The molecule has 0 N–H and O–H groups in total. The Kier molecular flexibility index (Phi) is 16.5. The van der Waals surface area contributed by atoms with Crippen LogP contribution in [0.25, 0.3) is 134 Å². The highest BCUT2D eigenvalue weighted by Crippen LogP contribution is 2.56. The molecule has 3 aliphatic carbocycles. The van der Waals surface area contributed by atoms with Gasteiger partial charge in [-0.15, -0.1) is 0 Å². The van der Waals surface area contributed by atoms with E-state index >= 15 is 0 Å². The molecule has 6 nitrogen and oxygen atoms in total.